The van der Waals surface area contributed by atoms with Gasteiger partial charge in [0.05, 0.1) is 27.8 Å². The van der Waals surface area contributed by atoms with Crippen molar-refractivity contribution in [2.45, 2.75) is 0 Å². The van der Waals surface area contributed by atoms with Crippen molar-refractivity contribution in [2.24, 2.45) is 0 Å². The Hall–Kier alpha value is -5.05. The van der Waals surface area contributed by atoms with E-state index < -0.39 is 0 Å². The van der Waals surface area contributed by atoms with Crippen molar-refractivity contribution in [3.8, 4) is 22.8 Å². The summed E-state index contributed by atoms with van der Waals surface area (Å²) in [7, 11) is 0. The average Bonchev–Trinajstić information content (AvgIpc) is 3.57. The van der Waals surface area contributed by atoms with Crippen molar-refractivity contribution in [1.29, 1.82) is 0 Å². The van der Waals surface area contributed by atoms with Crippen LogP contribution < -0.4 is 0 Å². The van der Waals surface area contributed by atoms with E-state index in [1.165, 1.54) is 32.4 Å². The van der Waals surface area contributed by atoms with Gasteiger partial charge in [-0.25, -0.2) is 4.98 Å². The molecule has 0 amide bonds. The first-order valence-electron chi connectivity index (χ1n) is 14.2. The number of fused-ring (bicyclic) bond motifs is 7. The summed E-state index contributed by atoms with van der Waals surface area (Å²) in [4.78, 5) is 9.56. The van der Waals surface area contributed by atoms with Crippen molar-refractivity contribution in [2.75, 3.05) is 0 Å². The summed E-state index contributed by atoms with van der Waals surface area (Å²) in [6.07, 6.45) is 3.82. The Morgan fingerprint density at radius 2 is 1.07 bits per heavy atom. The van der Waals surface area contributed by atoms with E-state index >= 15 is 0 Å². The molecule has 0 saturated heterocycles. The summed E-state index contributed by atoms with van der Waals surface area (Å²) in [6.45, 7) is 0. The fraction of sp³-hybridized carbons (Fsp3) is 0. The van der Waals surface area contributed by atoms with E-state index in [1.54, 1.807) is 0 Å². The van der Waals surface area contributed by atoms with Gasteiger partial charge in [0, 0.05) is 50.6 Å². The van der Waals surface area contributed by atoms with Crippen LogP contribution in [0.3, 0.4) is 0 Å². The number of rotatable bonds is 3. The molecular formula is C38H24N4Pt+2. The number of benzene rings is 5. The average molecular weight is 732 g/mol. The maximum atomic E-state index is 4.83. The second-order valence-electron chi connectivity index (χ2n) is 10.7. The van der Waals surface area contributed by atoms with Crippen LogP contribution in [0.15, 0.2) is 146 Å². The van der Waals surface area contributed by atoms with E-state index in [0.717, 1.165) is 44.7 Å². The van der Waals surface area contributed by atoms with Crippen molar-refractivity contribution in [1.82, 2.24) is 19.1 Å². The molecule has 5 aromatic carbocycles. The molecule has 0 unspecified atom stereocenters. The summed E-state index contributed by atoms with van der Waals surface area (Å²) in [5.41, 5.74) is 7.79. The minimum absolute atomic E-state index is 0. The van der Waals surface area contributed by atoms with Crippen molar-refractivity contribution >= 4 is 54.4 Å². The van der Waals surface area contributed by atoms with Gasteiger partial charge < -0.3 is 4.57 Å². The molecule has 4 nitrogen and oxygen atoms in total. The van der Waals surface area contributed by atoms with Crippen LogP contribution in [0.25, 0.3) is 77.1 Å². The van der Waals surface area contributed by atoms with Gasteiger partial charge in [-0.15, -0.1) is 0 Å². The van der Waals surface area contributed by atoms with Crippen LogP contribution in [0.5, 0.6) is 0 Å². The second kappa shape index (κ2) is 10.0. The topological polar surface area (TPSA) is 35.6 Å². The molecule has 0 atom stereocenters. The first kappa shape index (κ1) is 25.6. The van der Waals surface area contributed by atoms with Crippen molar-refractivity contribution in [3.05, 3.63) is 146 Å². The number of pyridine rings is 2. The van der Waals surface area contributed by atoms with Gasteiger partial charge in [0.15, 0.2) is 0 Å². The molecule has 0 aliphatic carbocycles. The van der Waals surface area contributed by atoms with Crippen LogP contribution in [0.4, 0.5) is 0 Å². The van der Waals surface area contributed by atoms with Crippen LogP contribution in [0.1, 0.15) is 0 Å². The fourth-order valence-electron chi connectivity index (χ4n) is 6.48. The van der Waals surface area contributed by atoms with Gasteiger partial charge in [-0.1, -0.05) is 84.9 Å². The third-order valence-electron chi connectivity index (χ3n) is 8.39. The van der Waals surface area contributed by atoms with E-state index in [0.29, 0.717) is 0 Å². The van der Waals surface area contributed by atoms with E-state index in [4.69, 9.17) is 9.97 Å². The molecule has 204 valence electrons. The first-order chi connectivity index (χ1) is 20.8. The molecular weight excluding hydrogens is 708 g/mol. The molecule has 0 saturated carbocycles. The predicted molar refractivity (Wildman–Crippen MR) is 174 cm³/mol. The van der Waals surface area contributed by atoms with Crippen LogP contribution in [-0.2, 0) is 21.1 Å². The Bertz CT molecular complexity index is 2470. The Morgan fingerprint density at radius 3 is 1.84 bits per heavy atom. The summed E-state index contributed by atoms with van der Waals surface area (Å²) in [5, 5.41) is 7.22. The molecule has 43 heavy (non-hydrogen) atoms. The van der Waals surface area contributed by atoms with Gasteiger partial charge in [0.25, 0.3) is 0 Å². The summed E-state index contributed by atoms with van der Waals surface area (Å²) < 4.78 is 4.65. The largest absolute Gasteiger partial charge is 2.00 e. The third-order valence-corrected chi connectivity index (χ3v) is 8.39. The first-order valence-corrected chi connectivity index (χ1v) is 14.2. The van der Waals surface area contributed by atoms with Gasteiger partial charge in [0.1, 0.15) is 5.82 Å². The van der Waals surface area contributed by atoms with Gasteiger partial charge in [0.2, 0.25) is 0 Å². The van der Waals surface area contributed by atoms with Crippen LogP contribution >= 0.6 is 0 Å². The quantitative estimate of drug-likeness (QED) is 0.182. The second-order valence-corrected chi connectivity index (χ2v) is 10.7. The van der Waals surface area contributed by atoms with Gasteiger partial charge in [-0.3, -0.25) is 9.55 Å². The Morgan fingerprint density at radius 1 is 0.442 bits per heavy atom. The molecule has 0 N–H and O–H groups in total. The third kappa shape index (κ3) is 3.95. The molecule has 0 fully saturated rings. The summed E-state index contributed by atoms with van der Waals surface area (Å²) in [6, 6.07) is 47.4. The smallest absolute Gasteiger partial charge is 0.309 e. The molecule has 4 heterocycles. The predicted octanol–water partition coefficient (Wildman–Crippen LogP) is 9.49. The Kier molecular flexibility index (Phi) is 5.99. The maximum Gasteiger partial charge on any atom is 2.00 e. The molecule has 0 spiro atoms. The molecule has 4 aromatic heterocycles. The summed E-state index contributed by atoms with van der Waals surface area (Å²) >= 11 is 0. The molecule has 0 aliphatic rings. The summed E-state index contributed by atoms with van der Waals surface area (Å²) in [5.74, 6) is 0.910. The number of hydrogen-bond donors (Lipinski definition) is 0. The molecule has 9 aromatic rings. The zero-order chi connectivity index (χ0) is 27.6. The Balaban J connectivity index is 0.00000278. The molecule has 0 radical (unpaired) electrons. The van der Waals surface area contributed by atoms with Crippen LogP contribution in [0.2, 0.25) is 0 Å². The number of nitrogens with zero attached hydrogens (tertiary/aromatic N) is 4. The van der Waals surface area contributed by atoms with Crippen molar-refractivity contribution in [3.63, 3.8) is 0 Å². The van der Waals surface area contributed by atoms with E-state index in [9.17, 15) is 0 Å². The minimum Gasteiger partial charge on any atom is -0.309 e. The molecule has 0 bridgehead atoms. The van der Waals surface area contributed by atoms with E-state index in [-0.39, 0.29) is 21.1 Å². The number of para-hydroxylation sites is 2. The van der Waals surface area contributed by atoms with Crippen molar-refractivity contribution < 1.29 is 21.1 Å². The van der Waals surface area contributed by atoms with E-state index in [1.807, 2.05) is 24.5 Å². The Labute approximate surface area is 262 Å². The van der Waals surface area contributed by atoms with Crippen LogP contribution in [0, 0.1) is 0 Å². The zero-order valence-electron chi connectivity index (χ0n) is 23.0. The normalized spacial score (nSPS) is 11.5. The zero-order valence-corrected chi connectivity index (χ0v) is 25.2. The number of aromatic nitrogens is 4. The maximum absolute atomic E-state index is 4.83. The fourth-order valence-corrected chi connectivity index (χ4v) is 6.48. The van der Waals surface area contributed by atoms with Gasteiger partial charge in [-0.2, -0.15) is 0 Å². The van der Waals surface area contributed by atoms with Crippen LogP contribution in [-0.4, -0.2) is 19.1 Å². The molecule has 0 aliphatic heterocycles. The van der Waals surface area contributed by atoms with E-state index in [2.05, 4.69) is 130 Å². The molecule has 9 rings (SSSR count). The van der Waals surface area contributed by atoms with Gasteiger partial charge >= 0.3 is 21.1 Å². The van der Waals surface area contributed by atoms with Gasteiger partial charge in [-0.05, 0) is 53.9 Å². The standard InChI is InChI=1S/C38H24N4.Pt/c1-2-10-27-24-40-33(21-25(27)9-1)26-16-18-31-29-11-3-5-13-34(29)41(36(31)22-26)28-17-19-32-30-12-4-6-14-35(30)42(37(32)23-28)38-15-7-8-20-39-38;/h1-24H;/q;+2. The number of hydrogen-bond acceptors (Lipinski definition) is 2. The monoisotopic (exact) mass is 731 g/mol. The SMILES string of the molecule is [Pt+2].c1ccc(-n2c3ccccc3c3ccc(-n4c5ccccc5c5ccc(-c6cc7ccccc7cn6)cc54)cc32)nc1. The minimum atomic E-state index is 0. The molecule has 5 heteroatoms.